The molecule has 0 bridgehead atoms. The van der Waals surface area contributed by atoms with Crippen LogP contribution in [0, 0.1) is 0 Å². The highest BCUT2D eigenvalue weighted by Crippen LogP contribution is 2.19. The van der Waals surface area contributed by atoms with Gasteiger partial charge in [-0.05, 0) is 19.3 Å². The van der Waals surface area contributed by atoms with Crippen LogP contribution in [0.1, 0.15) is 205 Å². The number of epoxide rings is 1. The van der Waals surface area contributed by atoms with Crippen LogP contribution in [0.25, 0.3) is 0 Å². The van der Waals surface area contributed by atoms with Gasteiger partial charge in [0.2, 0.25) is 0 Å². The summed E-state index contributed by atoms with van der Waals surface area (Å²) < 4.78 is 5.28. The molecule has 230 valence electrons. The lowest BCUT2D eigenvalue weighted by molar-refractivity contribution is -0.368. The molecule has 1 fully saturated rings. The van der Waals surface area contributed by atoms with Crippen LogP contribution < -0.4 is 18.1 Å². The maximum absolute atomic E-state index is 5.28. The Morgan fingerprint density at radius 3 is 0.711 bits per heavy atom. The van der Waals surface area contributed by atoms with Crippen LogP contribution in [0.15, 0.2) is 0 Å². The lowest BCUT2D eigenvalue weighted by Crippen LogP contribution is -3.00. The summed E-state index contributed by atoms with van der Waals surface area (Å²) in [6.07, 6.45) is 47.5. The van der Waals surface area contributed by atoms with E-state index >= 15 is 0 Å². The fraction of sp³-hybridized carbons (Fsp3) is 1.00. The molecular weight excluding hydrogens is 486 g/mol. The van der Waals surface area contributed by atoms with Crippen molar-refractivity contribution in [2.45, 2.75) is 212 Å². The minimum Gasteiger partial charge on any atom is -1.00 e. The van der Waals surface area contributed by atoms with Crippen molar-refractivity contribution in [1.29, 1.82) is 0 Å². The van der Waals surface area contributed by atoms with Gasteiger partial charge in [-0.25, -0.2) is 0 Å². The summed E-state index contributed by atoms with van der Waals surface area (Å²) in [5, 5.41) is 0. The summed E-state index contributed by atoms with van der Waals surface area (Å²) in [6, 6.07) is 0. The lowest BCUT2D eigenvalue weighted by Gasteiger charge is -2.04. The van der Waals surface area contributed by atoms with E-state index < -0.39 is 0 Å². The Hall–Kier alpha value is 0.210. The largest absolute Gasteiger partial charge is 1.00 e. The van der Waals surface area contributed by atoms with Crippen LogP contribution >= 0.6 is 0 Å². The predicted octanol–water partition coefficient (Wildman–Crippen LogP) is 8.11. The zero-order valence-corrected chi connectivity index (χ0v) is 26.9. The second-order valence-electron chi connectivity index (χ2n) is 12.6. The summed E-state index contributed by atoms with van der Waals surface area (Å²) in [4.78, 5) is 0. The number of quaternary nitrogens is 1. The quantitative estimate of drug-likeness (QED) is 0.0642. The van der Waals surface area contributed by atoms with Crippen LogP contribution in [0.4, 0.5) is 0 Å². The van der Waals surface area contributed by atoms with Gasteiger partial charge < -0.3 is 22.9 Å². The Balaban J connectivity index is 0.0000137. The zero-order valence-electron chi connectivity index (χ0n) is 26.1. The van der Waals surface area contributed by atoms with E-state index in [0.717, 1.165) is 13.2 Å². The van der Waals surface area contributed by atoms with E-state index in [2.05, 4.69) is 5.73 Å². The van der Waals surface area contributed by atoms with Crippen molar-refractivity contribution in [3.8, 4) is 0 Å². The van der Waals surface area contributed by atoms with Gasteiger partial charge in [0.05, 0.1) is 19.3 Å². The summed E-state index contributed by atoms with van der Waals surface area (Å²) in [7, 11) is 0. The lowest BCUT2D eigenvalue weighted by atomic mass is 10.0. The molecule has 0 spiro atoms. The molecule has 1 saturated heterocycles. The van der Waals surface area contributed by atoms with Gasteiger partial charge in [-0.1, -0.05) is 186 Å². The Labute approximate surface area is 247 Å². The molecule has 1 aliphatic heterocycles. The Bertz CT molecular complexity index is 415. The van der Waals surface area contributed by atoms with Gasteiger partial charge in [0, 0.05) is 0 Å². The van der Waals surface area contributed by atoms with Gasteiger partial charge in [0.1, 0.15) is 0 Å². The van der Waals surface area contributed by atoms with Crippen LogP contribution in [-0.4, -0.2) is 19.3 Å². The molecule has 0 aromatic carbocycles. The van der Waals surface area contributed by atoms with E-state index in [-0.39, 0.29) is 12.4 Å². The molecule has 0 aromatic rings. The molecule has 38 heavy (non-hydrogen) atoms. The fourth-order valence-electron chi connectivity index (χ4n) is 5.91. The molecule has 0 amide bonds. The molecule has 1 rings (SSSR count). The molecule has 3 N–H and O–H groups in total. The molecule has 3 heteroatoms. The van der Waals surface area contributed by atoms with Gasteiger partial charge in [-0.3, -0.25) is 0 Å². The minimum atomic E-state index is 0. The standard InChI is InChI=1S/C35H71NO.ClH/c36-33-31-29-27-25-23-21-19-17-15-13-11-9-7-5-3-1-2-4-6-8-10-12-14-16-18-20-22-24-26-28-30-32-35-34-37-35;/h35H,1-34,36H2;1H. The first-order valence-corrected chi connectivity index (χ1v) is 17.8. The first kappa shape index (κ1) is 38.2. The zero-order chi connectivity index (χ0) is 26.3. The predicted molar refractivity (Wildman–Crippen MR) is 165 cm³/mol. The van der Waals surface area contributed by atoms with E-state index in [9.17, 15) is 0 Å². The summed E-state index contributed by atoms with van der Waals surface area (Å²) >= 11 is 0. The van der Waals surface area contributed by atoms with Crippen molar-refractivity contribution in [2.75, 3.05) is 13.2 Å². The molecule has 1 unspecified atom stereocenters. The fourth-order valence-corrected chi connectivity index (χ4v) is 5.91. The summed E-state index contributed by atoms with van der Waals surface area (Å²) in [6.45, 7) is 2.16. The topological polar surface area (TPSA) is 40.2 Å². The van der Waals surface area contributed by atoms with Gasteiger partial charge in [0.15, 0.2) is 0 Å². The molecule has 0 saturated carbocycles. The van der Waals surface area contributed by atoms with Gasteiger partial charge in [-0.15, -0.1) is 0 Å². The highest BCUT2D eigenvalue weighted by Gasteiger charge is 2.20. The second kappa shape index (κ2) is 33.4. The molecule has 1 aliphatic rings. The molecule has 0 aromatic heterocycles. The van der Waals surface area contributed by atoms with Crippen LogP contribution in [-0.2, 0) is 4.74 Å². The maximum Gasteiger partial charge on any atom is 0.0810 e. The average molecular weight is 558 g/mol. The number of rotatable bonds is 33. The average Bonchev–Trinajstić information content (AvgIpc) is 3.74. The van der Waals surface area contributed by atoms with Crippen LogP contribution in [0.5, 0.6) is 0 Å². The van der Waals surface area contributed by atoms with Crippen molar-refractivity contribution in [3.05, 3.63) is 0 Å². The number of ether oxygens (including phenoxy) is 1. The molecule has 1 heterocycles. The Kier molecular flexibility index (Phi) is 33.6. The Morgan fingerprint density at radius 1 is 0.342 bits per heavy atom. The molecule has 0 radical (unpaired) electrons. The molecular formula is C35H72ClNO. The molecule has 1 atom stereocenters. The smallest absolute Gasteiger partial charge is 0.0810 e. The van der Waals surface area contributed by atoms with Crippen LogP contribution in [0.2, 0.25) is 0 Å². The first-order valence-electron chi connectivity index (χ1n) is 17.8. The van der Waals surface area contributed by atoms with E-state index in [1.807, 2.05) is 0 Å². The van der Waals surface area contributed by atoms with Gasteiger partial charge in [-0.2, -0.15) is 0 Å². The van der Waals surface area contributed by atoms with E-state index in [4.69, 9.17) is 4.74 Å². The third-order valence-electron chi connectivity index (χ3n) is 8.68. The normalized spacial score (nSPS) is 14.6. The van der Waals surface area contributed by atoms with Crippen molar-refractivity contribution >= 4 is 0 Å². The number of hydrogen-bond donors (Lipinski definition) is 1. The van der Waals surface area contributed by atoms with Gasteiger partial charge >= 0.3 is 0 Å². The summed E-state index contributed by atoms with van der Waals surface area (Å²) in [5.41, 5.74) is 3.93. The molecule has 2 nitrogen and oxygen atoms in total. The van der Waals surface area contributed by atoms with Crippen molar-refractivity contribution in [1.82, 2.24) is 0 Å². The monoisotopic (exact) mass is 558 g/mol. The number of hydrogen-bond acceptors (Lipinski definition) is 1. The van der Waals surface area contributed by atoms with Gasteiger partial charge in [0.25, 0.3) is 0 Å². The maximum atomic E-state index is 5.28. The van der Waals surface area contributed by atoms with E-state index in [0.29, 0.717) is 6.10 Å². The Morgan fingerprint density at radius 2 is 0.526 bits per heavy atom. The van der Waals surface area contributed by atoms with E-state index in [1.165, 1.54) is 205 Å². The SMILES string of the molecule is [Cl-].[NH3+]CCCCCCCCCCCCCCCCCCCCCCCCCCCCCCCCCC1CO1. The second-order valence-corrected chi connectivity index (χ2v) is 12.6. The van der Waals surface area contributed by atoms with Crippen molar-refractivity contribution < 1.29 is 22.9 Å². The third kappa shape index (κ3) is 32.4. The third-order valence-corrected chi connectivity index (χ3v) is 8.68. The van der Waals surface area contributed by atoms with E-state index in [1.54, 1.807) is 0 Å². The minimum absolute atomic E-state index is 0. The highest BCUT2D eigenvalue weighted by molar-refractivity contribution is 4.68. The van der Waals surface area contributed by atoms with Crippen molar-refractivity contribution in [3.63, 3.8) is 0 Å². The summed E-state index contributed by atoms with van der Waals surface area (Å²) in [5.74, 6) is 0. The number of unbranched alkanes of at least 4 members (excludes halogenated alkanes) is 30. The number of halogens is 1. The van der Waals surface area contributed by atoms with Crippen LogP contribution in [0.3, 0.4) is 0 Å². The highest BCUT2D eigenvalue weighted by atomic mass is 35.5. The first-order chi connectivity index (χ1) is 18.4. The molecule has 0 aliphatic carbocycles. The van der Waals surface area contributed by atoms with Crippen molar-refractivity contribution in [2.24, 2.45) is 0 Å².